The van der Waals surface area contributed by atoms with E-state index in [2.05, 4.69) is 68.0 Å². The van der Waals surface area contributed by atoms with Crippen LogP contribution in [0.25, 0.3) is 6.08 Å². The van der Waals surface area contributed by atoms with Crippen molar-refractivity contribution in [3.63, 3.8) is 0 Å². The fourth-order valence-electron chi connectivity index (χ4n) is 9.37. The monoisotopic (exact) mass is 1240 g/mol. The third-order valence-electron chi connectivity index (χ3n) is 14.3. The molecule has 6 rings (SSSR count). The van der Waals surface area contributed by atoms with Gasteiger partial charge in [0, 0.05) is 81.8 Å². The number of aliphatic hydroxyl groups is 1. The number of aliphatic carboxylic acids is 1. The Bertz CT molecular complexity index is 2670. The van der Waals surface area contributed by atoms with E-state index in [0.29, 0.717) is 42.4 Å². The fraction of sp³-hybridized carbons (Fsp3) is 0.526. The molecule has 3 aliphatic rings. The first-order valence-corrected chi connectivity index (χ1v) is 29.4. The zero-order valence-corrected chi connectivity index (χ0v) is 48.8. The van der Waals surface area contributed by atoms with E-state index in [1.807, 2.05) is 12.1 Å². The van der Waals surface area contributed by atoms with E-state index in [1.54, 1.807) is 54.6 Å². The highest BCUT2D eigenvalue weighted by Crippen LogP contribution is 2.47. The Balaban J connectivity index is 1.01. The Labute approximate surface area is 485 Å². The normalized spacial score (nSPS) is 18.1. The second kappa shape index (κ2) is 30.6. The molecule has 21 nitrogen and oxygen atoms in total. The van der Waals surface area contributed by atoms with E-state index in [4.69, 9.17) is 14.2 Å². The van der Waals surface area contributed by atoms with Crippen molar-refractivity contribution in [1.82, 2.24) is 30.7 Å². The van der Waals surface area contributed by atoms with Gasteiger partial charge in [-0.2, -0.15) is 0 Å². The highest BCUT2D eigenvalue weighted by molar-refractivity contribution is 14.1. The van der Waals surface area contributed by atoms with E-state index in [1.165, 1.54) is 43.0 Å². The number of thioether (sulfide) groups is 1. The average Bonchev–Trinajstić information content (AvgIpc) is 3.80. The van der Waals surface area contributed by atoms with Crippen molar-refractivity contribution in [2.45, 2.75) is 143 Å². The number of rotatable bonds is 30. The van der Waals surface area contributed by atoms with Crippen LogP contribution in [-0.2, 0) is 44.8 Å². The molecule has 7 amide bonds. The molecule has 3 saturated heterocycles. The van der Waals surface area contributed by atoms with Crippen molar-refractivity contribution in [3.05, 3.63) is 89.8 Å². The second-order valence-corrected chi connectivity index (χ2v) is 24.6. The molecule has 23 heteroatoms. The number of ether oxygens (including phenoxy) is 3. The van der Waals surface area contributed by atoms with E-state index in [0.717, 1.165) is 68.3 Å². The first-order chi connectivity index (χ1) is 38.4. The van der Waals surface area contributed by atoms with Crippen molar-refractivity contribution < 1.29 is 62.8 Å². The van der Waals surface area contributed by atoms with Crippen LogP contribution in [0.5, 0.6) is 5.75 Å². The van der Waals surface area contributed by atoms with E-state index in [9.17, 15) is 48.6 Å². The lowest BCUT2D eigenvalue weighted by atomic mass is 9.89. The summed E-state index contributed by atoms with van der Waals surface area (Å²) in [5, 5.41) is 33.8. The molecule has 3 fully saturated rings. The molecule has 5 atom stereocenters. The van der Waals surface area contributed by atoms with Gasteiger partial charge in [-0.15, -0.1) is 11.8 Å². The molecule has 1 aromatic heterocycles. The average molecular weight is 1240 g/mol. The highest BCUT2D eigenvalue weighted by Gasteiger charge is 2.58. The van der Waals surface area contributed by atoms with Gasteiger partial charge in [0.2, 0.25) is 35.8 Å². The maximum absolute atomic E-state index is 13.8. The number of aromatic nitrogens is 1. The molecular weight excluding hydrogens is 1160 g/mol. The van der Waals surface area contributed by atoms with Gasteiger partial charge in [-0.05, 0) is 105 Å². The molecule has 4 unspecified atom stereocenters. The van der Waals surface area contributed by atoms with Crippen molar-refractivity contribution in [2.24, 2.45) is 5.92 Å². The van der Waals surface area contributed by atoms with Gasteiger partial charge in [-0.3, -0.25) is 44.0 Å². The number of anilines is 2. The molecule has 0 saturated carbocycles. The Hall–Kier alpha value is -6.15. The number of imide groups is 1. The second-order valence-electron chi connectivity index (χ2n) is 20.2. The van der Waals surface area contributed by atoms with Crippen molar-refractivity contribution >= 4 is 99.3 Å². The van der Waals surface area contributed by atoms with Crippen molar-refractivity contribution in [1.29, 1.82) is 0 Å². The van der Waals surface area contributed by atoms with Crippen molar-refractivity contribution in [3.8, 4) is 5.75 Å². The number of nitrogens with zero attached hydrogens (tertiary/aromatic N) is 3. The van der Waals surface area contributed by atoms with Gasteiger partial charge in [0.05, 0.1) is 13.7 Å². The van der Waals surface area contributed by atoms with Crippen LogP contribution >= 0.6 is 34.4 Å². The standard InChI is InChI=1S/C57H75IN8O13S/c1-5-8-24-57(58,7-3)80-46-32-49(70)66(51(46)72)56(35-60-36-56)54(75)62-27-21-48(69)64-43-30-40(17-19-45(43)79-53(44(67)6-2)78-37(4)52(73)74)34-77-55(76)63-42-16-11-15-41(31-42)50(71)65-28-22-38(23-29-65)13-9-10-26-61-47(68)20-18-39-14-12-25-59-33-39/h11-12,14-20,25,30-31,33,37-38,44,46,53,60,67H,5-10,13,21-24,26-29,32,34-36H2,1-4H3,(H,61,68)(H,62,75)(H,63,76)(H,64,69)(H,73,74)/b20-18+/t37?,44-,46?,53?,57?/m0/s1. The van der Waals surface area contributed by atoms with Gasteiger partial charge in [0.15, 0.2) is 11.6 Å². The van der Waals surface area contributed by atoms with E-state index >= 15 is 0 Å². The highest BCUT2D eigenvalue weighted by atomic mass is 127. The maximum atomic E-state index is 13.8. The summed E-state index contributed by atoms with van der Waals surface area (Å²) in [6, 6.07) is 14.7. The number of carboxylic acid groups (broad SMARTS) is 1. The first-order valence-electron chi connectivity index (χ1n) is 27.4. The van der Waals surface area contributed by atoms with Crippen LogP contribution in [-0.4, -0.2) is 144 Å². The molecule has 3 aromatic rings. The molecule has 80 heavy (non-hydrogen) atoms. The van der Waals surface area contributed by atoms with Gasteiger partial charge < -0.3 is 50.6 Å². The van der Waals surface area contributed by atoms with Crippen molar-refractivity contribution in [2.75, 3.05) is 49.9 Å². The Kier molecular flexibility index (Phi) is 24.1. The number of unbranched alkanes of at least 4 members (excludes halogenated alkanes) is 2. The molecule has 3 aliphatic heterocycles. The number of hydrogen-bond acceptors (Lipinski definition) is 15. The Morgan fingerprint density at radius 3 is 2.42 bits per heavy atom. The molecule has 2 aromatic carbocycles. The van der Waals surface area contributed by atoms with Crippen LogP contribution in [0, 0.1) is 5.92 Å². The summed E-state index contributed by atoms with van der Waals surface area (Å²) >= 11 is 3.86. The summed E-state index contributed by atoms with van der Waals surface area (Å²) in [5.41, 5.74) is 0.553. The number of carboxylic acids is 1. The Morgan fingerprint density at radius 1 is 0.975 bits per heavy atom. The zero-order valence-electron chi connectivity index (χ0n) is 45.8. The summed E-state index contributed by atoms with van der Waals surface area (Å²) in [6.07, 6.45) is 9.65. The number of piperidine rings is 1. The molecular formula is C57H75IN8O13S. The molecule has 434 valence electrons. The predicted molar refractivity (Wildman–Crippen MR) is 311 cm³/mol. The summed E-state index contributed by atoms with van der Waals surface area (Å²) in [5.74, 6) is -3.17. The molecule has 0 bridgehead atoms. The van der Waals surface area contributed by atoms with E-state index in [-0.39, 0.29) is 71.5 Å². The third-order valence-corrected chi connectivity index (χ3v) is 17.9. The number of benzene rings is 2. The number of alkyl halides is 1. The predicted octanol–water partition coefficient (Wildman–Crippen LogP) is 7.03. The molecule has 7 N–H and O–H groups in total. The molecule has 0 spiro atoms. The number of aliphatic hydroxyl groups excluding tert-OH is 1. The summed E-state index contributed by atoms with van der Waals surface area (Å²) < 4.78 is 16.8. The van der Waals surface area contributed by atoms with Gasteiger partial charge in [0.1, 0.15) is 18.5 Å². The topological polar surface area (TPSA) is 284 Å². The third kappa shape index (κ3) is 17.9. The number of likely N-dealkylation sites (tertiary alicyclic amines) is 2. The lowest BCUT2D eigenvalue weighted by molar-refractivity contribution is -0.187. The van der Waals surface area contributed by atoms with Crippen LogP contribution in [0.4, 0.5) is 16.2 Å². The van der Waals surface area contributed by atoms with Gasteiger partial charge in [0.25, 0.3) is 5.91 Å². The molecule has 0 aliphatic carbocycles. The van der Waals surface area contributed by atoms with Gasteiger partial charge >= 0.3 is 12.1 Å². The number of hydrogen-bond donors (Lipinski definition) is 7. The van der Waals surface area contributed by atoms with Crippen LogP contribution in [0.15, 0.2) is 73.1 Å². The minimum Gasteiger partial charge on any atom is -0.479 e. The number of pyridine rings is 1. The maximum Gasteiger partial charge on any atom is 0.411 e. The molecule has 0 radical (unpaired) electrons. The zero-order chi connectivity index (χ0) is 57.8. The number of carbonyl (C=O) groups is 8. The van der Waals surface area contributed by atoms with Gasteiger partial charge in [-0.25, -0.2) is 9.59 Å². The Morgan fingerprint density at radius 2 is 1.75 bits per heavy atom. The molecule has 4 heterocycles. The summed E-state index contributed by atoms with van der Waals surface area (Å²) in [4.78, 5) is 112. The smallest absolute Gasteiger partial charge is 0.411 e. The van der Waals surface area contributed by atoms with Crippen LogP contribution in [0.3, 0.4) is 0 Å². The summed E-state index contributed by atoms with van der Waals surface area (Å²) in [7, 11) is 0. The van der Waals surface area contributed by atoms with Crippen LogP contribution in [0.2, 0.25) is 0 Å². The number of amides is 7. The van der Waals surface area contributed by atoms with E-state index < -0.39 is 65.0 Å². The quantitative estimate of drug-likeness (QED) is 0.00881. The largest absolute Gasteiger partial charge is 0.479 e. The number of halogens is 1. The number of nitrogens with one attached hydrogen (secondary N) is 5. The lowest BCUT2D eigenvalue weighted by Gasteiger charge is -2.46. The lowest BCUT2D eigenvalue weighted by Crippen LogP contribution is -2.76. The summed E-state index contributed by atoms with van der Waals surface area (Å²) in [6.45, 7) is 8.49. The number of carbonyl (C=O) groups excluding carboxylic acids is 7. The fourth-order valence-corrected chi connectivity index (χ4v) is 12.0. The SMILES string of the molecule is CCCCC(I)(CC)SC1CC(=O)N(C2(C(=O)NCCC(=O)Nc3cc(COC(=O)Nc4cccc(C(=O)N5CCC(CCCCNC(=O)/C=C/c6cccnc6)CC5)c4)ccc3OC(OC(C)C(=O)O)[C@@H](O)CC)CNC2)C1=O. The minimum absolute atomic E-state index is 0.00784. The minimum atomic E-state index is -1.48. The van der Waals surface area contributed by atoms with Crippen LogP contribution < -0.4 is 31.3 Å². The first kappa shape index (κ1) is 63.0. The van der Waals surface area contributed by atoms with Crippen LogP contribution in [0.1, 0.15) is 126 Å². The van der Waals surface area contributed by atoms with Gasteiger partial charge in [-0.1, -0.05) is 87.2 Å².